The lowest BCUT2D eigenvalue weighted by Gasteiger charge is -2.17. The van der Waals surface area contributed by atoms with Crippen molar-refractivity contribution in [3.05, 3.63) is 41.0 Å². The molecule has 0 spiro atoms. The maximum Gasteiger partial charge on any atom is 0.143 e. The first-order chi connectivity index (χ1) is 12.8. The van der Waals surface area contributed by atoms with E-state index in [0.29, 0.717) is 6.10 Å². The summed E-state index contributed by atoms with van der Waals surface area (Å²) >= 11 is 1.75. The summed E-state index contributed by atoms with van der Waals surface area (Å²) < 4.78 is 6.27. The Balaban J connectivity index is 1.69. The van der Waals surface area contributed by atoms with Crippen molar-refractivity contribution in [2.75, 3.05) is 5.32 Å². The van der Waals surface area contributed by atoms with E-state index in [2.05, 4.69) is 35.2 Å². The second kappa shape index (κ2) is 7.62. The van der Waals surface area contributed by atoms with Gasteiger partial charge in [-0.3, -0.25) is 0 Å². The predicted molar refractivity (Wildman–Crippen MR) is 109 cm³/mol. The number of benzene rings is 1. The van der Waals surface area contributed by atoms with Gasteiger partial charge in [0, 0.05) is 4.88 Å². The Kier molecular flexibility index (Phi) is 5.07. The van der Waals surface area contributed by atoms with Gasteiger partial charge in [0.25, 0.3) is 0 Å². The van der Waals surface area contributed by atoms with E-state index >= 15 is 0 Å². The molecule has 1 aromatic carbocycles. The van der Waals surface area contributed by atoms with E-state index in [4.69, 9.17) is 4.74 Å². The van der Waals surface area contributed by atoms with Crippen molar-refractivity contribution in [1.29, 1.82) is 0 Å². The van der Waals surface area contributed by atoms with Gasteiger partial charge in [-0.1, -0.05) is 25.5 Å². The maximum absolute atomic E-state index is 6.27. The highest BCUT2D eigenvalue weighted by molar-refractivity contribution is 7.18. The van der Waals surface area contributed by atoms with E-state index in [1.807, 2.05) is 18.2 Å². The number of nitrogens with zero attached hydrogens (tertiary/aromatic N) is 2. The van der Waals surface area contributed by atoms with Crippen molar-refractivity contribution in [1.82, 2.24) is 9.97 Å². The molecule has 4 rings (SSSR count). The number of nitrogens with one attached hydrogen (secondary N) is 1. The normalized spacial score (nSPS) is 14.8. The highest BCUT2D eigenvalue weighted by Gasteiger charge is 2.19. The van der Waals surface area contributed by atoms with Gasteiger partial charge in [0.2, 0.25) is 0 Å². The third-order valence-electron chi connectivity index (χ3n) is 5.02. The van der Waals surface area contributed by atoms with Crippen LogP contribution in [0.15, 0.2) is 30.6 Å². The maximum atomic E-state index is 6.27. The van der Waals surface area contributed by atoms with Gasteiger partial charge in [0.15, 0.2) is 0 Å². The molecule has 136 valence electrons. The van der Waals surface area contributed by atoms with Crippen molar-refractivity contribution in [3.8, 4) is 5.75 Å². The van der Waals surface area contributed by atoms with Crippen molar-refractivity contribution >= 4 is 33.1 Å². The second-order valence-electron chi connectivity index (χ2n) is 6.93. The highest BCUT2D eigenvalue weighted by atomic mass is 32.1. The van der Waals surface area contributed by atoms with Gasteiger partial charge < -0.3 is 10.1 Å². The lowest BCUT2D eigenvalue weighted by atomic mass is 10.1. The first-order valence-corrected chi connectivity index (χ1v) is 10.3. The zero-order valence-electron chi connectivity index (χ0n) is 15.4. The van der Waals surface area contributed by atoms with Gasteiger partial charge in [-0.25, -0.2) is 9.97 Å². The predicted octanol–water partition coefficient (Wildman–Crippen LogP) is 6.02. The van der Waals surface area contributed by atoms with Gasteiger partial charge in [0.1, 0.15) is 22.7 Å². The second-order valence-corrected chi connectivity index (χ2v) is 8.14. The van der Waals surface area contributed by atoms with Crippen LogP contribution in [0.1, 0.15) is 49.5 Å². The van der Waals surface area contributed by atoms with Crippen molar-refractivity contribution in [2.45, 2.75) is 58.5 Å². The van der Waals surface area contributed by atoms with Gasteiger partial charge in [-0.05, 0) is 56.7 Å². The first kappa shape index (κ1) is 17.3. The molecule has 4 nitrogen and oxygen atoms in total. The number of thiophene rings is 1. The summed E-state index contributed by atoms with van der Waals surface area (Å²) in [4.78, 5) is 11.4. The number of aryl methyl sites for hydroxylation is 2. The third-order valence-corrected chi connectivity index (χ3v) is 6.08. The molecule has 0 saturated heterocycles. The monoisotopic (exact) mass is 367 g/mol. The lowest BCUT2D eigenvalue weighted by Crippen LogP contribution is -2.12. The van der Waals surface area contributed by atoms with Crippen LogP contribution in [0, 0.1) is 6.92 Å². The molecular weight excluding hydrogens is 342 g/mol. The molecule has 5 heteroatoms. The molecule has 0 radical (unpaired) electrons. The van der Waals surface area contributed by atoms with Crippen LogP contribution in [0.4, 0.5) is 11.5 Å². The minimum Gasteiger partial charge on any atom is -0.488 e. The molecule has 1 N–H and O–H groups in total. The van der Waals surface area contributed by atoms with Crippen LogP contribution < -0.4 is 10.1 Å². The number of hydrogen-bond donors (Lipinski definition) is 1. The molecule has 1 fully saturated rings. The number of para-hydroxylation sites is 2. The molecule has 0 unspecified atom stereocenters. The Morgan fingerprint density at radius 2 is 2.00 bits per heavy atom. The molecule has 0 atom stereocenters. The number of aromatic nitrogens is 2. The van der Waals surface area contributed by atoms with E-state index in [1.165, 1.54) is 23.3 Å². The van der Waals surface area contributed by atoms with Crippen LogP contribution in [0.3, 0.4) is 0 Å². The number of hydrogen-bond acceptors (Lipinski definition) is 5. The minimum atomic E-state index is 0.336. The molecule has 1 aliphatic rings. The topological polar surface area (TPSA) is 47.0 Å². The first-order valence-electron chi connectivity index (χ1n) is 9.52. The van der Waals surface area contributed by atoms with Gasteiger partial charge in [0.05, 0.1) is 17.2 Å². The van der Waals surface area contributed by atoms with E-state index in [9.17, 15) is 0 Å². The fourth-order valence-electron chi connectivity index (χ4n) is 3.73. The van der Waals surface area contributed by atoms with Crippen LogP contribution in [0.2, 0.25) is 0 Å². The third kappa shape index (κ3) is 3.40. The summed E-state index contributed by atoms with van der Waals surface area (Å²) in [6.07, 6.45) is 8.98. The highest BCUT2D eigenvalue weighted by Crippen LogP contribution is 2.37. The fourth-order valence-corrected chi connectivity index (χ4v) is 4.77. The van der Waals surface area contributed by atoms with Crippen LogP contribution >= 0.6 is 11.3 Å². The van der Waals surface area contributed by atoms with Gasteiger partial charge >= 0.3 is 0 Å². The Morgan fingerprint density at radius 1 is 1.19 bits per heavy atom. The van der Waals surface area contributed by atoms with E-state index in [1.54, 1.807) is 17.7 Å². The zero-order chi connectivity index (χ0) is 17.9. The number of rotatable bonds is 6. The Morgan fingerprint density at radius 3 is 2.81 bits per heavy atom. The van der Waals surface area contributed by atoms with Crippen LogP contribution in [-0.2, 0) is 6.42 Å². The fraction of sp³-hybridized carbons (Fsp3) is 0.429. The molecule has 1 saturated carbocycles. The number of fused-ring (bicyclic) bond motifs is 1. The summed E-state index contributed by atoms with van der Waals surface area (Å²) in [7, 11) is 0. The Hall–Kier alpha value is -2.14. The molecule has 2 heterocycles. The quantitative estimate of drug-likeness (QED) is 0.579. The summed E-state index contributed by atoms with van der Waals surface area (Å²) in [6.45, 7) is 4.39. The molecule has 1 aliphatic carbocycles. The molecule has 2 aromatic heterocycles. The summed E-state index contributed by atoms with van der Waals surface area (Å²) in [5.41, 5.74) is 2.34. The van der Waals surface area contributed by atoms with Crippen molar-refractivity contribution in [2.24, 2.45) is 0 Å². The van der Waals surface area contributed by atoms with Gasteiger partial charge in [-0.2, -0.15) is 0 Å². The number of ether oxygens (including phenoxy) is 1. The van der Waals surface area contributed by atoms with Crippen LogP contribution in [-0.4, -0.2) is 16.1 Å². The molecule has 0 aliphatic heterocycles. The SMILES string of the molecule is CCCc1c(C)sc2ncnc(Nc3ccccc3OC3CCCC3)c12. The largest absolute Gasteiger partial charge is 0.488 e. The molecule has 3 aromatic rings. The summed E-state index contributed by atoms with van der Waals surface area (Å²) in [5.74, 6) is 1.79. The smallest absolute Gasteiger partial charge is 0.143 e. The lowest BCUT2D eigenvalue weighted by molar-refractivity contribution is 0.211. The molecule has 0 amide bonds. The van der Waals surface area contributed by atoms with Crippen molar-refractivity contribution < 1.29 is 4.74 Å². The summed E-state index contributed by atoms with van der Waals surface area (Å²) in [6, 6.07) is 8.18. The number of anilines is 2. The standard InChI is InChI=1S/C21H25N3OS/c1-3-8-16-14(2)26-21-19(16)20(22-13-23-21)24-17-11-6-7-12-18(17)25-15-9-4-5-10-15/h6-7,11-13,15H,3-5,8-10H2,1-2H3,(H,22,23,24). The van der Waals surface area contributed by atoms with Gasteiger partial charge in [-0.15, -0.1) is 11.3 Å². The van der Waals surface area contributed by atoms with Crippen LogP contribution in [0.5, 0.6) is 5.75 Å². The Labute approximate surface area is 158 Å². The van der Waals surface area contributed by atoms with Crippen molar-refractivity contribution in [3.63, 3.8) is 0 Å². The Bertz CT molecular complexity index is 899. The average Bonchev–Trinajstić information content (AvgIpc) is 3.26. The zero-order valence-corrected chi connectivity index (χ0v) is 16.2. The molecule has 0 bridgehead atoms. The van der Waals surface area contributed by atoms with E-state index in [0.717, 1.165) is 53.2 Å². The van der Waals surface area contributed by atoms with Crippen LogP contribution in [0.25, 0.3) is 10.2 Å². The van der Waals surface area contributed by atoms with E-state index < -0.39 is 0 Å². The molecular formula is C21H25N3OS. The van der Waals surface area contributed by atoms with E-state index in [-0.39, 0.29) is 0 Å². The minimum absolute atomic E-state index is 0.336. The summed E-state index contributed by atoms with van der Waals surface area (Å²) in [5, 5.41) is 4.69. The molecule has 26 heavy (non-hydrogen) atoms. The average molecular weight is 368 g/mol.